The molecule has 0 spiro atoms. The summed E-state index contributed by atoms with van der Waals surface area (Å²) in [4.78, 5) is 25.3. The van der Waals surface area contributed by atoms with Crippen LogP contribution in [0.1, 0.15) is 206 Å². The number of likely N-dealkylation sites (N-methyl/N-ethyl adjacent to an activating group) is 1. The number of allylic oxidation sites excluding steroid dienone is 11. The number of rotatable bonds is 45. The number of amides is 1. The Kier molecular flexibility index (Phi) is 42.7. The van der Waals surface area contributed by atoms with Crippen molar-refractivity contribution < 1.29 is 32.9 Å². The minimum atomic E-state index is -4.61. The van der Waals surface area contributed by atoms with Crippen LogP contribution in [0, 0.1) is 0 Å². The van der Waals surface area contributed by atoms with E-state index in [-0.39, 0.29) is 18.9 Å². The summed E-state index contributed by atoms with van der Waals surface area (Å²) in [6.45, 7) is 4.48. The van der Waals surface area contributed by atoms with Crippen LogP contribution in [0.25, 0.3) is 0 Å². The zero-order chi connectivity index (χ0) is 45.7. The van der Waals surface area contributed by atoms with E-state index < -0.39 is 26.6 Å². The maximum absolute atomic E-state index is 12.9. The highest BCUT2D eigenvalue weighted by atomic mass is 31.2. The summed E-state index contributed by atoms with van der Waals surface area (Å²) < 4.78 is 23.2. The average molecular weight is 889 g/mol. The lowest BCUT2D eigenvalue weighted by Gasteiger charge is -2.29. The molecule has 0 aromatic carbocycles. The summed E-state index contributed by atoms with van der Waals surface area (Å²) in [5.41, 5.74) is 0. The van der Waals surface area contributed by atoms with Crippen LogP contribution in [0.2, 0.25) is 0 Å². The highest BCUT2D eigenvalue weighted by molar-refractivity contribution is 7.45. The maximum Gasteiger partial charge on any atom is 0.268 e. The molecule has 0 rings (SSSR count). The van der Waals surface area contributed by atoms with Gasteiger partial charge in [-0.3, -0.25) is 9.36 Å². The number of aliphatic hydroxyl groups is 1. The van der Waals surface area contributed by atoms with Gasteiger partial charge in [-0.25, -0.2) is 0 Å². The predicted molar refractivity (Wildman–Crippen MR) is 265 cm³/mol. The third-order valence-corrected chi connectivity index (χ3v) is 11.9. The molecule has 62 heavy (non-hydrogen) atoms. The highest BCUT2D eigenvalue weighted by Gasteiger charge is 2.23. The van der Waals surface area contributed by atoms with Crippen molar-refractivity contribution >= 4 is 13.7 Å². The Bertz CT molecular complexity index is 1240. The molecule has 9 heteroatoms. The van der Waals surface area contributed by atoms with Gasteiger partial charge in [-0.2, -0.15) is 0 Å². The second-order valence-corrected chi connectivity index (χ2v) is 19.5. The molecule has 0 fully saturated rings. The van der Waals surface area contributed by atoms with Gasteiger partial charge < -0.3 is 28.8 Å². The number of hydrogen-bond donors (Lipinski definition) is 2. The van der Waals surface area contributed by atoms with Crippen LogP contribution in [0.4, 0.5) is 0 Å². The molecule has 3 unspecified atom stereocenters. The van der Waals surface area contributed by atoms with E-state index in [0.717, 1.165) is 57.8 Å². The molecule has 0 aliphatic carbocycles. The first-order valence-corrected chi connectivity index (χ1v) is 26.8. The fraction of sp³-hybridized carbons (Fsp3) is 0.755. The molecule has 0 saturated heterocycles. The summed E-state index contributed by atoms with van der Waals surface area (Å²) in [6, 6.07) is -0.928. The van der Waals surface area contributed by atoms with Gasteiger partial charge in [0.15, 0.2) is 0 Å². The highest BCUT2D eigenvalue weighted by Crippen LogP contribution is 2.38. The van der Waals surface area contributed by atoms with E-state index in [2.05, 4.69) is 79.9 Å². The third kappa shape index (κ3) is 45.9. The van der Waals surface area contributed by atoms with E-state index >= 15 is 0 Å². The molecule has 0 aliphatic heterocycles. The minimum absolute atomic E-state index is 0.0177. The molecule has 8 nitrogen and oxygen atoms in total. The van der Waals surface area contributed by atoms with Gasteiger partial charge in [0.05, 0.1) is 39.9 Å². The number of quaternary nitrogens is 1. The predicted octanol–water partition coefficient (Wildman–Crippen LogP) is 14.1. The molecule has 0 aromatic rings. The van der Waals surface area contributed by atoms with Crippen molar-refractivity contribution in [1.29, 1.82) is 0 Å². The standard InChI is InChI=1S/C53H97N2O6P/c1-6-8-10-12-14-16-18-20-22-23-24-25-26-27-28-29-30-31-33-34-36-38-40-42-44-46-52(56)51(50-61-62(58,59)60-49-48-55(3,4)5)54-53(57)47-45-43-41-39-37-35-32-21-19-17-15-13-11-9-7-2/h9,11,15,17,21,32,36-39,44,46,51-52,56H,6-8,10,12-14,16,18-20,22-31,33-35,40-43,45,47-50H2,1-5H3,(H-,54,57,58,59)/b11-9-,17-15-,32-21-,38-36+,39-37-,46-44+. The second-order valence-electron chi connectivity index (χ2n) is 18.1. The monoisotopic (exact) mass is 889 g/mol. The van der Waals surface area contributed by atoms with E-state index in [1.165, 1.54) is 122 Å². The Morgan fingerprint density at radius 3 is 1.50 bits per heavy atom. The number of hydrogen-bond acceptors (Lipinski definition) is 6. The van der Waals surface area contributed by atoms with Gasteiger partial charge in [-0.1, -0.05) is 202 Å². The SMILES string of the molecule is CC/C=C\C/C=C\C/C=C\C/C=C\CCCCC(=O)NC(COP(=O)([O-])OCC[N+](C)(C)C)C(O)/C=C/CC/C=C/CCCCCCCCCCCCCCCCCCCCC. The summed E-state index contributed by atoms with van der Waals surface area (Å²) in [7, 11) is 1.21. The lowest BCUT2D eigenvalue weighted by Crippen LogP contribution is -2.45. The lowest BCUT2D eigenvalue weighted by molar-refractivity contribution is -0.870. The fourth-order valence-corrected chi connectivity index (χ4v) is 7.65. The Morgan fingerprint density at radius 2 is 1.00 bits per heavy atom. The van der Waals surface area contributed by atoms with E-state index in [4.69, 9.17) is 9.05 Å². The summed E-state index contributed by atoms with van der Waals surface area (Å²) in [6.07, 6.45) is 59.8. The molecule has 360 valence electrons. The van der Waals surface area contributed by atoms with Crippen molar-refractivity contribution in [2.24, 2.45) is 0 Å². The summed E-state index contributed by atoms with van der Waals surface area (Å²) in [5, 5.41) is 13.8. The van der Waals surface area contributed by atoms with Crippen molar-refractivity contribution in [1.82, 2.24) is 5.32 Å². The minimum Gasteiger partial charge on any atom is -0.756 e. The van der Waals surface area contributed by atoms with Gasteiger partial charge in [0.1, 0.15) is 13.2 Å². The Hall–Kier alpha value is -2.06. The van der Waals surface area contributed by atoms with Gasteiger partial charge in [-0.05, 0) is 70.6 Å². The second kappa shape index (κ2) is 44.2. The van der Waals surface area contributed by atoms with E-state index in [0.29, 0.717) is 17.4 Å². The van der Waals surface area contributed by atoms with Gasteiger partial charge in [-0.15, -0.1) is 0 Å². The first kappa shape index (κ1) is 59.9. The number of unbranched alkanes of at least 4 members (excludes halogenated alkanes) is 22. The van der Waals surface area contributed by atoms with Crippen LogP contribution >= 0.6 is 7.82 Å². The molecule has 1 amide bonds. The first-order valence-electron chi connectivity index (χ1n) is 25.3. The smallest absolute Gasteiger partial charge is 0.268 e. The van der Waals surface area contributed by atoms with Crippen molar-refractivity contribution in [3.8, 4) is 0 Å². The van der Waals surface area contributed by atoms with Crippen LogP contribution in [0.5, 0.6) is 0 Å². The van der Waals surface area contributed by atoms with Crippen molar-refractivity contribution in [2.45, 2.75) is 219 Å². The number of nitrogens with zero attached hydrogens (tertiary/aromatic N) is 1. The van der Waals surface area contributed by atoms with Crippen LogP contribution in [-0.4, -0.2) is 68.5 Å². The molecule has 2 N–H and O–H groups in total. The summed E-state index contributed by atoms with van der Waals surface area (Å²) in [5.74, 6) is -0.249. The Balaban J connectivity index is 4.37. The number of phosphoric acid groups is 1. The molecule has 0 heterocycles. The molecule has 0 bridgehead atoms. The van der Waals surface area contributed by atoms with Crippen LogP contribution in [-0.2, 0) is 18.4 Å². The Morgan fingerprint density at radius 1 is 0.581 bits per heavy atom. The zero-order valence-corrected chi connectivity index (χ0v) is 41.7. The van der Waals surface area contributed by atoms with Gasteiger partial charge in [0.2, 0.25) is 5.91 Å². The largest absolute Gasteiger partial charge is 0.756 e. The first-order chi connectivity index (χ1) is 30.0. The number of carbonyl (C=O) groups is 1. The van der Waals surface area contributed by atoms with E-state index in [1.807, 2.05) is 27.2 Å². The van der Waals surface area contributed by atoms with Crippen molar-refractivity contribution in [3.63, 3.8) is 0 Å². The number of carbonyl (C=O) groups excluding carboxylic acids is 1. The fourth-order valence-electron chi connectivity index (χ4n) is 6.92. The van der Waals surface area contributed by atoms with E-state index in [1.54, 1.807) is 6.08 Å². The molecule has 3 atom stereocenters. The van der Waals surface area contributed by atoms with Crippen molar-refractivity contribution in [3.05, 3.63) is 72.9 Å². The number of aliphatic hydroxyl groups excluding tert-OH is 1. The number of phosphoric ester groups is 1. The van der Waals surface area contributed by atoms with Gasteiger partial charge in [0.25, 0.3) is 7.82 Å². The molecule has 0 aliphatic rings. The molecule has 0 radical (unpaired) electrons. The lowest BCUT2D eigenvalue weighted by atomic mass is 10.0. The third-order valence-electron chi connectivity index (χ3n) is 10.9. The average Bonchev–Trinajstić information content (AvgIpc) is 3.23. The topological polar surface area (TPSA) is 108 Å². The van der Waals surface area contributed by atoms with Gasteiger partial charge >= 0.3 is 0 Å². The van der Waals surface area contributed by atoms with Crippen LogP contribution < -0.4 is 10.2 Å². The quantitative estimate of drug-likeness (QED) is 0.0273. The summed E-state index contributed by atoms with van der Waals surface area (Å²) >= 11 is 0. The Labute approximate surface area is 383 Å². The van der Waals surface area contributed by atoms with Gasteiger partial charge in [0, 0.05) is 6.42 Å². The maximum atomic E-state index is 12.9. The normalized spacial score (nSPS) is 14.8. The van der Waals surface area contributed by atoms with Crippen LogP contribution in [0.3, 0.4) is 0 Å². The molecular weight excluding hydrogens is 792 g/mol. The van der Waals surface area contributed by atoms with Crippen molar-refractivity contribution in [2.75, 3.05) is 40.9 Å². The molecular formula is C53H97N2O6P. The molecule has 0 saturated carbocycles. The van der Waals surface area contributed by atoms with Crippen LogP contribution in [0.15, 0.2) is 72.9 Å². The number of nitrogens with one attached hydrogen (secondary N) is 1. The van der Waals surface area contributed by atoms with E-state index in [9.17, 15) is 19.4 Å². The zero-order valence-electron chi connectivity index (χ0n) is 40.8. The molecule has 0 aromatic heterocycles.